The fourth-order valence-electron chi connectivity index (χ4n) is 1.76. The van der Waals surface area contributed by atoms with E-state index in [0.29, 0.717) is 11.3 Å². The number of hydrogen-bond acceptors (Lipinski definition) is 4. The summed E-state index contributed by atoms with van der Waals surface area (Å²) in [7, 11) is 1.48. The van der Waals surface area contributed by atoms with Gasteiger partial charge in [0.2, 0.25) is 0 Å². The molecule has 0 spiro atoms. The average Bonchev–Trinajstić information content (AvgIpc) is 2.87. The number of nitrogens with one attached hydrogen (secondary N) is 1. The normalized spacial score (nSPS) is 12.2. The number of aliphatic hydroxyl groups excluding tert-OH is 1. The molecular formula is C12H11BrN2O4. The van der Waals surface area contributed by atoms with Gasteiger partial charge in [-0.1, -0.05) is 15.9 Å². The maximum atomic E-state index is 11.0. The molecule has 0 aliphatic rings. The van der Waals surface area contributed by atoms with E-state index in [2.05, 4.69) is 25.9 Å². The highest BCUT2D eigenvalue weighted by atomic mass is 79.9. The predicted molar refractivity (Wildman–Crippen MR) is 70.3 cm³/mol. The Morgan fingerprint density at radius 1 is 1.53 bits per heavy atom. The number of rotatable bonds is 4. The molecule has 1 aromatic heterocycles. The number of carbonyl (C=O) groups is 1. The third-order valence-electron chi connectivity index (χ3n) is 2.63. The molecule has 0 amide bonds. The Hall–Kier alpha value is -1.86. The molecular weight excluding hydrogens is 316 g/mol. The number of aromatic carboxylic acids is 1. The Kier molecular flexibility index (Phi) is 3.87. The van der Waals surface area contributed by atoms with Gasteiger partial charge in [-0.05, 0) is 18.2 Å². The van der Waals surface area contributed by atoms with Gasteiger partial charge in [-0.2, -0.15) is 0 Å². The summed E-state index contributed by atoms with van der Waals surface area (Å²) in [6, 6.07) is 5.11. The minimum absolute atomic E-state index is 0.115. The second kappa shape index (κ2) is 5.41. The summed E-state index contributed by atoms with van der Waals surface area (Å²) in [5, 5.41) is 19.3. The fourth-order valence-corrected chi connectivity index (χ4v) is 2.14. The molecule has 0 aliphatic heterocycles. The molecule has 0 saturated carbocycles. The number of methoxy groups -OCH3 is 1. The minimum Gasteiger partial charge on any atom is -0.496 e. The van der Waals surface area contributed by atoms with Crippen LogP contribution >= 0.6 is 15.9 Å². The number of halogens is 1. The second-order valence-electron chi connectivity index (χ2n) is 3.76. The SMILES string of the molecule is COc1ccc(Br)cc1C(O)c1[nH]cnc1C(=O)O. The van der Waals surface area contributed by atoms with E-state index in [1.165, 1.54) is 13.4 Å². The molecule has 1 unspecified atom stereocenters. The quantitative estimate of drug-likeness (QED) is 0.798. The zero-order chi connectivity index (χ0) is 14.0. The first-order chi connectivity index (χ1) is 9.04. The summed E-state index contributed by atoms with van der Waals surface area (Å²) in [6.45, 7) is 0. The predicted octanol–water partition coefficient (Wildman–Crippen LogP) is 1.96. The third kappa shape index (κ3) is 2.61. The molecule has 0 bridgehead atoms. The highest BCUT2D eigenvalue weighted by Gasteiger charge is 2.24. The zero-order valence-electron chi connectivity index (χ0n) is 9.92. The van der Waals surface area contributed by atoms with Crippen molar-refractivity contribution in [1.29, 1.82) is 0 Å². The van der Waals surface area contributed by atoms with Crippen LogP contribution in [0.1, 0.15) is 27.8 Å². The van der Waals surface area contributed by atoms with Crippen LogP contribution < -0.4 is 4.74 Å². The molecule has 0 fully saturated rings. The Bertz CT molecular complexity index is 612. The topological polar surface area (TPSA) is 95.4 Å². The summed E-state index contributed by atoms with van der Waals surface area (Å²) >= 11 is 3.30. The highest BCUT2D eigenvalue weighted by molar-refractivity contribution is 9.10. The van der Waals surface area contributed by atoms with Crippen LogP contribution in [0.2, 0.25) is 0 Å². The van der Waals surface area contributed by atoms with E-state index < -0.39 is 12.1 Å². The molecule has 2 aromatic rings. The van der Waals surface area contributed by atoms with Gasteiger partial charge in [-0.15, -0.1) is 0 Å². The van der Waals surface area contributed by atoms with Crippen molar-refractivity contribution in [2.45, 2.75) is 6.10 Å². The van der Waals surface area contributed by atoms with Crippen molar-refractivity contribution in [1.82, 2.24) is 9.97 Å². The highest BCUT2D eigenvalue weighted by Crippen LogP contribution is 2.32. The molecule has 0 aliphatic carbocycles. The number of nitrogens with zero attached hydrogens (tertiary/aromatic N) is 1. The molecule has 100 valence electrons. The van der Waals surface area contributed by atoms with Crippen molar-refractivity contribution in [2.24, 2.45) is 0 Å². The molecule has 0 radical (unpaired) electrons. The lowest BCUT2D eigenvalue weighted by atomic mass is 10.0. The van der Waals surface area contributed by atoms with Gasteiger partial charge in [-0.25, -0.2) is 9.78 Å². The summed E-state index contributed by atoms with van der Waals surface area (Å²) in [5.74, 6) is -0.745. The number of aliphatic hydroxyl groups is 1. The van der Waals surface area contributed by atoms with E-state index in [4.69, 9.17) is 9.84 Å². The van der Waals surface area contributed by atoms with Crippen LogP contribution in [0.3, 0.4) is 0 Å². The van der Waals surface area contributed by atoms with Crippen molar-refractivity contribution in [3.8, 4) is 5.75 Å². The van der Waals surface area contributed by atoms with Crippen LogP contribution in [0.15, 0.2) is 29.0 Å². The zero-order valence-corrected chi connectivity index (χ0v) is 11.5. The van der Waals surface area contributed by atoms with E-state index in [0.717, 1.165) is 4.47 Å². The summed E-state index contributed by atoms with van der Waals surface area (Å²) in [6.07, 6.45) is 0.0629. The number of aromatic amines is 1. The minimum atomic E-state index is -1.20. The summed E-state index contributed by atoms with van der Waals surface area (Å²) in [5.41, 5.74) is 0.349. The van der Waals surface area contributed by atoms with Gasteiger partial charge in [-0.3, -0.25) is 0 Å². The standard InChI is InChI=1S/C12H11BrN2O4/c1-19-8-3-2-6(13)4-7(8)11(16)9-10(12(17)18)15-5-14-9/h2-5,11,16H,1H3,(H,14,15)(H,17,18). The number of carboxylic acid groups (broad SMARTS) is 1. The number of ether oxygens (including phenoxy) is 1. The van der Waals surface area contributed by atoms with E-state index in [1.54, 1.807) is 18.2 Å². The number of aromatic nitrogens is 2. The molecule has 1 atom stereocenters. The fraction of sp³-hybridized carbons (Fsp3) is 0.167. The van der Waals surface area contributed by atoms with Gasteiger partial charge in [0.05, 0.1) is 19.1 Å². The molecule has 6 nitrogen and oxygen atoms in total. The van der Waals surface area contributed by atoms with Crippen LogP contribution in [0, 0.1) is 0 Å². The van der Waals surface area contributed by atoms with Crippen molar-refractivity contribution in [2.75, 3.05) is 7.11 Å². The molecule has 19 heavy (non-hydrogen) atoms. The first-order valence-electron chi connectivity index (χ1n) is 5.32. The van der Waals surface area contributed by atoms with Gasteiger partial charge in [0.1, 0.15) is 11.9 Å². The van der Waals surface area contributed by atoms with Crippen molar-refractivity contribution < 1.29 is 19.7 Å². The number of carboxylic acids is 1. The first kappa shape index (κ1) is 13.6. The number of benzene rings is 1. The van der Waals surface area contributed by atoms with Gasteiger partial charge >= 0.3 is 5.97 Å². The van der Waals surface area contributed by atoms with Crippen LogP contribution in [0.4, 0.5) is 0 Å². The van der Waals surface area contributed by atoms with Crippen LogP contribution in [-0.4, -0.2) is 33.3 Å². The lowest BCUT2D eigenvalue weighted by Gasteiger charge is -2.14. The number of imidazole rings is 1. The lowest BCUT2D eigenvalue weighted by molar-refractivity contribution is 0.0685. The Balaban J connectivity index is 2.49. The van der Waals surface area contributed by atoms with E-state index in [1.807, 2.05) is 0 Å². The largest absolute Gasteiger partial charge is 0.496 e. The molecule has 2 rings (SSSR count). The second-order valence-corrected chi connectivity index (χ2v) is 4.67. The molecule has 7 heteroatoms. The maximum Gasteiger partial charge on any atom is 0.356 e. The van der Waals surface area contributed by atoms with Crippen molar-refractivity contribution in [3.05, 3.63) is 46.0 Å². The van der Waals surface area contributed by atoms with E-state index >= 15 is 0 Å². The first-order valence-corrected chi connectivity index (χ1v) is 6.12. The molecule has 0 saturated heterocycles. The van der Waals surface area contributed by atoms with Gasteiger partial charge in [0, 0.05) is 10.0 Å². The monoisotopic (exact) mass is 326 g/mol. The summed E-state index contributed by atoms with van der Waals surface area (Å²) in [4.78, 5) is 17.3. The third-order valence-corrected chi connectivity index (χ3v) is 3.12. The Morgan fingerprint density at radius 3 is 2.89 bits per heavy atom. The van der Waals surface area contributed by atoms with Crippen LogP contribution in [0.5, 0.6) is 5.75 Å². The van der Waals surface area contributed by atoms with Gasteiger partial charge in [0.15, 0.2) is 5.69 Å². The number of H-pyrrole nitrogens is 1. The molecule has 1 heterocycles. The average molecular weight is 327 g/mol. The molecule has 1 aromatic carbocycles. The van der Waals surface area contributed by atoms with Gasteiger partial charge < -0.3 is 19.9 Å². The summed E-state index contributed by atoms with van der Waals surface area (Å²) < 4.78 is 5.91. The molecule has 3 N–H and O–H groups in total. The Morgan fingerprint density at radius 2 is 2.26 bits per heavy atom. The smallest absolute Gasteiger partial charge is 0.356 e. The van der Waals surface area contributed by atoms with E-state index in [9.17, 15) is 9.90 Å². The van der Waals surface area contributed by atoms with Gasteiger partial charge in [0.25, 0.3) is 0 Å². The lowest BCUT2D eigenvalue weighted by Crippen LogP contribution is -2.09. The van der Waals surface area contributed by atoms with Crippen LogP contribution in [-0.2, 0) is 0 Å². The van der Waals surface area contributed by atoms with Crippen LogP contribution in [0.25, 0.3) is 0 Å². The van der Waals surface area contributed by atoms with Crippen molar-refractivity contribution >= 4 is 21.9 Å². The van der Waals surface area contributed by atoms with Crippen molar-refractivity contribution in [3.63, 3.8) is 0 Å². The van der Waals surface area contributed by atoms with E-state index in [-0.39, 0.29) is 11.4 Å². The maximum absolute atomic E-state index is 11.0. The number of hydrogen-bond donors (Lipinski definition) is 3. The Labute approximate surface area is 117 Å².